The number of hydrogen-bond acceptors (Lipinski definition) is 3. The van der Waals surface area contributed by atoms with Gasteiger partial charge in [-0.2, -0.15) is 0 Å². The van der Waals surface area contributed by atoms with Crippen molar-refractivity contribution in [2.24, 2.45) is 0 Å². The van der Waals surface area contributed by atoms with Crippen LogP contribution in [-0.2, 0) is 11.2 Å². The summed E-state index contributed by atoms with van der Waals surface area (Å²) in [4.78, 5) is 23.4. The van der Waals surface area contributed by atoms with Gasteiger partial charge in [-0.3, -0.25) is 20.4 Å². The highest BCUT2D eigenvalue weighted by Crippen LogP contribution is 2.17. The summed E-state index contributed by atoms with van der Waals surface area (Å²) in [5.74, 6) is -0.831. The Kier molecular flexibility index (Phi) is 5.68. The number of benzene rings is 2. The Labute approximate surface area is 133 Å². The highest BCUT2D eigenvalue weighted by molar-refractivity contribution is 5.95. The molecule has 23 heavy (non-hydrogen) atoms. The molecular weight excluding hydrogens is 299 g/mol. The van der Waals surface area contributed by atoms with Gasteiger partial charge in [0.15, 0.2) is 6.61 Å². The molecular formula is C17H17FN2O3. The number of halogens is 1. The lowest BCUT2D eigenvalue weighted by molar-refractivity contribution is -0.123. The van der Waals surface area contributed by atoms with Crippen LogP contribution in [0, 0.1) is 5.82 Å². The number of ether oxygens (including phenoxy) is 1. The number of carbonyl (C=O) groups is 2. The zero-order chi connectivity index (χ0) is 16.7. The van der Waals surface area contributed by atoms with Gasteiger partial charge in [0.2, 0.25) is 0 Å². The van der Waals surface area contributed by atoms with Crippen LogP contribution in [0.4, 0.5) is 4.39 Å². The second kappa shape index (κ2) is 7.93. The molecule has 0 fully saturated rings. The van der Waals surface area contributed by atoms with Crippen molar-refractivity contribution in [3.8, 4) is 5.75 Å². The summed E-state index contributed by atoms with van der Waals surface area (Å²) >= 11 is 0. The molecule has 0 radical (unpaired) electrons. The van der Waals surface area contributed by atoms with Crippen LogP contribution in [0.15, 0.2) is 48.5 Å². The molecule has 0 atom stereocenters. The third-order valence-electron chi connectivity index (χ3n) is 3.13. The molecule has 120 valence electrons. The first kappa shape index (κ1) is 16.5. The number of para-hydroxylation sites is 1. The van der Waals surface area contributed by atoms with E-state index in [1.54, 1.807) is 6.07 Å². The van der Waals surface area contributed by atoms with Gasteiger partial charge in [0.1, 0.15) is 11.6 Å². The van der Waals surface area contributed by atoms with E-state index < -0.39 is 17.6 Å². The first-order chi connectivity index (χ1) is 11.1. The summed E-state index contributed by atoms with van der Waals surface area (Å²) < 4.78 is 18.2. The van der Waals surface area contributed by atoms with Gasteiger partial charge in [-0.1, -0.05) is 25.1 Å². The molecule has 2 aromatic rings. The molecule has 6 heteroatoms. The standard InChI is InChI=1S/C17H17FN2O3/c1-2-12-5-3-4-6-15(12)23-11-16(21)19-20-17(22)13-7-9-14(18)10-8-13/h3-10H,2,11H2,1H3,(H,19,21)(H,20,22). The Morgan fingerprint density at radius 3 is 2.43 bits per heavy atom. The molecule has 0 saturated heterocycles. The third kappa shape index (κ3) is 4.81. The van der Waals surface area contributed by atoms with Crippen LogP contribution >= 0.6 is 0 Å². The van der Waals surface area contributed by atoms with Crippen LogP contribution < -0.4 is 15.6 Å². The Bertz CT molecular complexity index is 686. The lowest BCUT2D eigenvalue weighted by Gasteiger charge is -2.11. The zero-order valence-electron chi connectivity index (χ0n) is 12.6. The molecule has 0 spiro atoms. The molecule has 2 amide bonds. The molecule has 0 saturated carbocycles. The zero-order valence-corrected chi connectivity index (χ0v) is 12.6. The van der Waals surface area contributed by atoms with E-state index in [9.17, 15) is 14.0 Å². The van der Waals surface area contributed by atoms with E-state index in [0.29, 0.717) is 5.75 Å². The van der Waals surface area contributed by atoms with E-state index >= 15 is 0 Å². The van der Waals surface area contributed by atoms with Crippen molar-refractivity contribution in [1.82, 2.24) is 10.9 Å². The van der Waals surface area contributed by atoms with Gasteiger partial charge >= 0.3 is 0 Å². The number of carbonyl (C=O) groups excluding carboxylic acids is 2. The van der Waals surface area contributed by atoms with E-state index in [1.165, 1.54) is 24.3 Å². The topological polar surface area (TPSA) is 67.4 Å². The molecule has 0 bridgehead atoms. The lowest BCUT2D eigenvalue weighted by Crippen LogP contribution is -2.43. The van der Waals surface area contributed by atoms with Gasteiger partial charge in [0.05, 0.1) is 0 Å². The molecule has 0 aliphatic heterocycles. The van der Waals surface area contributed by atoms with Crippen molar-refractivity contribution < 1.29 is 18.7 Å². The number of rotatable bonds is 5. The van der Waals surface area contributed by atoms with E-state index in [4.69, 9.17) is 4.74 Å². The van der Waals surface area contributed by atoms with E-state index in [1.807, 2.05) is 25.1 Å². The number of amides is 2. The summed E-state index contributed by atoms with van der Waals surface area (Å²) in [5, 5.41) is 0. The van der Waals surface area contributed by atoms with Gasteiger partial charge in [-0.25, -0.2) is 4.39 Å². The first-order valence-corrected chi connectivity index (χ1v) is 7.15. The van der Waals surface area contributed by atoms with Crippen molar-refractivity contribution >= 4 is 11.8 Å². The highest BCUT2D eigenvalue weighted by atomic mass is 19.1. The Balaban J connectivity index is 1.81. The maximum atomic E-state index is 12.8. The van der Waals surface area contributed by atoms with E-state index in [-0.39, 0.29) is 12.2 Å². The first-order valence-electron chi connectivity index (χ1n) is 7.15. The van der Waals surface area contributed by atoms with Crippen LogP contribution in [0.25, 0.3) is 0 Å². The fraction of sp³-hybridized carbons (Fsp3) is 0.176. The van der Waals surface area contributed by atoms with Crippen molar-refractivity contribution in [3.63, 3.8) is 0 Å². The second-order valence-electron chi connectivity index (χ2n) is 4.76. The minimum atomic E-state index is -0.535. The van der Waals surface area contributed by atoms with E-state index in [0.717, 1.165) is 12.0 Å². The minimum absolute atomic E-state index is 0.222. The van der Waals surface area contributed by atoms with Crippen molar-refractivity contribution in [2.75, 3.05) is 6.61 Å². The molecule has 2 rings (SSSR count). The molecule has 5 nitrogen and oxygen atoms in total. The smallest absolute Gasteiger partial charge is 0.276 e. The summed E-state index contributed by atoms with van der Waals surface area (Å²) in [5.41, 5.74) is 5.72. The van der Waals surface area contributed by atoms with Crippen LogP contribution in [0.3, 0.4) is 0 Å². The van der Waals surface area contributed by atoms with Crippen LogP contribution in [-0.4, -0.2) is 18.4 Å². The lowest BCUT2D eigenvalue weighted by atomic mass is 10.1. The Morgan fingerprint density at radius 1 is 1.04 bits per heavy atom. The SMILES string of the molecule is CCc1ccccc1OCC(=O)NNC(=O)c1ccc(F)cc1. The quantitative estimate of drug-likeness (QED) is 0.831. The largest absolute Gasteiger partial charge is 0.483 e. The molecule has 2 N–H and O–H groups in total. The molecule has 0 aliphatic carbocycles. The fourth-order valence-electron chi connectivity index (χ4n) is 1.92. The van der Waals surface area contributed by atoms with Gasteiger partial charge in [0.25, 0.3) is 11.8 Å². The average molecular weight is 316 g/mol. The van der Waals surface area contributed by atoms with Crippen LogP contribution in [0.5, 0.6) is 5.75 Å². The minimum Gasteiger partial charge on any atom is -0.483 e. The van der Waals surface area contributed by atoms with Crippen molar-refractivity contribution in [2.45, 2.75) is 13.3 Å². The van der Waals surface area contributed by atoms with Crippen LogP contribution in [0.1, 0.15) is 22.8 Å². The number of hydrogen-bond donors (Lipinski definition) is 2. The molecule has 0 unspecified atom stereocenters. The van der Waals surface area contributed by atoms with Gasteiger partial charge in [-0.15, -0.1) is 0 Å². The summed E-state index contributed by atoms with van der Waals surface area (Å²) in [6.45, 7) is 1.77. The van der Waals surface area contributed by atoms with Gasteiger partial charge < -0.3 is 4.74 Å². The van der Waals surface area contributed by atoms with Crippen molar-refractivity contribution in [3.05, 3.63) is 65.5 Å². The second-order valence-corrected chi connectivity index (χ2v) is 4.76. The summed E-state index contributed by atoms with van der Waals surface area (Å²) in [7, 11) is 0. The predicted molar refractivity (Wildman–Crippen MR) is 83.3 cm³/mol. The van der Waals surface area contributed by atoms with Crippen LogP contribution in [0.2, 0.25) is 0 Å². The number of nitrogens with one attached hydrogen (secondary N) is 2. The maximum Gasteiger partial charge on any atom is 0.276 e. The molecule has 0 heterocycles. The summed E-state index contributed by atoms with van der Waals surface area (Å²) in [6, 6.07) is 12.4. The molecule has 0 aromatic heterocycles. The molecule has 2 aromatic carbocycles. The Hall–Kier alpha value is -2.89. The van der Waals surface area contributed by atoms with E-state index in [2.05, 4.69) is 10.9 Å². The molecule has 0 aliphatic rings. The van der Waals surface area contributed by atoms with Gasteiger partial charge in [-0.05, 0) is 42.3 Å². The number of hydrazine groups is 1. The maximum absolute atomic E-state index is 12.8. The predicted octanol–water partition coefficient (Wildman–Crippen LogP) is 2.23. The number of aryl methyl sites for hydroxylation is 1. The highest BCUT2D eigenvalue weighted by Gasteiger charge is 2.09. The third-order valence-corrected chi connectivity index (χ3v) is 3.13. The Morgan fingerprint density at radius 2 is 1.74 bits per heavy atom. The average Bonchev–Trinajstić information content (AvgIpc) is 2.58. The fourth-order valence-corrected chi connectivity index (χ4v) is 1.92. The summed E-state index contributed by atoms with van der Waals surface area (Å²) in [6.07, 6.45) is 0.791. The van der Waals surface area contributed by atoms with Gasteiger partial charge in [0, 0.05) is 5.56 Å². The monoisotopic (exact) mass is 316 g/mol. The normalized spacial score (nSPS) is 10.0. The van der Waals surface area contributed by atoms with Crippen molar-refractivity contribution in [1.29, 1.82) is 0 Å².